The van der Waals surface area contributed by atoms with E-state index in [0.717, 1.165) is 24.2 Å². The molecule has 3 N–H and O–H groups in total. The number of hydrogen-bond donors (Lipinski definition) is 2. The van der Waals surface area contributed by atoms with Gasteiger partial charge in [0.05, 0.1) is 13.2 Å². The number of methoxy groups -OCH3 is 1. The summed E-state index contributed by atoms with van der Waals surface area (Å²) in [5.41, 5.74) is 8.48. The Balaban J connectivity index is 2.78. The molecule has 0 fully saturated rings. The summed E-state index contributed by atoms with van der Waals surface area (Å²) in [5.74, 6) is 1.95. The van der Waals surface area contributed by atoms with E-state index >= 15 is 0 Å². The van der Waals surface area contributed by atoms with Gasteiger partial charge >= 0.3 is 0 Å². The van der Waals surface area contributed by atoms with Crippen LogP contribution in [0.4, 0.5) is 0 Å². The molecule has 1 rings (SSSR count). The second-order valence-corrected chi connectivity index (χ2v) is 6.15. The van der Waals surface area contributed by atoms with Crippen molar-refractivity contribution in [2.45, 2.75) is 52.7 Å². The lowest BCUT2D eigenvalue weighted by Gasteiger charge is -2.26. The third kappa shape index (κ3) is 4.80. The molecule has 3 heteroatoms. The molecule has 0 radical (unpaired) electrons. The van der Waals surface area contributed by atoms with Crippen LogP contribution in [0, 0.1) is 18.8 Å². The Kier molecular flexibility index (Phi) is 6.50. The molecule has 3 nitrogen and oxygen atoms in total. The first-order valence-electron chi connectivity index (χ1n) is 7.42. The molecule has 1 aromatic carbocycles. The van der Waals surface area contributed by atoms with E-state index < -0.39 is 6.10 Å². The first kappa shape index (κ1) is 17.0. The molecule has 0 aromatic heterocycles. The van der Waals surface area contributed by atoms with Gasteiger partial charge < -0.3 is 15.6 Å². The van der Waals surface area contributed by atoms with Crippen LogP contribution in [-0.4, -0.2) is 24.4 Å². The van der Waals surface area contributed by atoms with Crippen molar-refractivity contribution in [3.05, 3.63) is 29.3 Å². The van der Waals surface area contributed by atoms with E-state index in [1.54, 1.807) is 14.0 Å². The van der Waals surface area contributed by atoms with E-state index in [1.165, 1.54) is 5.56 Å². The first-order chi connectivity index (χ1) is 9.35. The fraction of sp³-hybridized carbons (Fsp3) is 0.647. The number of aliphatic hydroxyl groups excluding tert-OH is 1. The van der Waals surface area contributed by atoms with Crippen molar-refractivity contribution in [2.75, 3.05) is 7.11 Å². The van der Waals surface area contributed by atoms with Crippen LogP contribution in [0.1, 0.15) is 38.3 Å². The maximum Gasteiger partial charge on any atom is 0.121 e. The van der Waals surface area contributed by atoms with Crippen LogP contribution in [0.15, 0.2) is 18.2 Å². The summed E-state index contributed by atoms with van der Waals surface area (Å²) in [7, 11) is 1.70. The summed E-state index contributed by atoms with van der Waals surface area (Å²) < 4.78 is 5.30. The Hall–Kier alpha value is -1.06. The SMILES string of the molecule is COc1ccc(CC(C[C@H](N)[C@H](C)O)C(C)C)cc1C. The molecular formula is C17H29NO2. The summed E-state index contributed by atoms with van der Waals surface area (Å²) in [6, 6.07) is 6.18. The molecule has 3 atom stereocenters. The molecule has 0 spiro atoms. The van der Waals surface area contributed by atoms with E-state index in [9.17, 15) is 5.11 Å². The fourth-order valence-electron chi connectivity index (χ4n) is 2.51. The molecule has 0 bridgehead atoms. The van der Waals surface area contributed by atoms with Gasteiger partial charge in [0.25, 0.3) is 0 Å². The van der Waals surface area contributed by atoms with Crippen molar-refractivity contribution >= 4 is 0 Å². The van der Waals surface area contributed by atoms with E-state index in [1.807, 2.05) is 6.07 Å². The van der Waals surface area contributed by atoms with Crippen molar-refractivity contribution < 1.29 is 9.84 Å². The minimum Gasteiger partial charge on any atom is -0.496 e. The predicted octanol–water partition coefficient (Wildman–Crippen LogP) is 2.92. The lowest BCUT2D eigenvalue weighted by Crippen LogP contribution is -2.35. The van der Waals surface area contributed by atoms with Crippen molar-refractivity contribution in [2.24, 2.45) is 17.6 Å². The monoisotopic (exact) mass is 279 g/mol. The Bertz CT molecular complexity index is 415. The second-order valence-electron chi connectivity index (χ2n) is 6.15. The van der Waals surface area contributed by atoms with Gasteiger partial charge in [-0.15, -0.1) is 0 Å². The normalized spacial score (nSPS) is 16.0. The Morgan fingerprint density at radius 1 is 1.25 bits per heavy atom. The number of aryl methyl sites for hydroxylation is 1. The molecule has 1 unspecified atom stereocenters. The summed E-state index contributed by atoms with van der Waals surface area (Å²) in [6.45, 7) is 8.26. The predicted molar refractivity (Wildman–Crippen MR) is 84.0 cm³/mol. The molecule has 0 amide bonds. The van der Waals surface area contributed by atoms with Crippen molar-refractivity contribution in [1.82, 2.24) is 0 Å². The highest BCUT2D eigenvalue weighted by atomic mass is 16.5. The van der Waals surface area contributed by atoms with Crippen LogP contribution >= 0.6 is 0 Å². The quantitative estimate of drug-likeness (QED) is 0.807. The zero-order chi connectivity index (χ0) is 15.3. The number of benzene rings is 1. The number of rotatable bonds is 7. The van der Waals surface area contributed by atoms with Crippen molar-refractivity contribution in [3.8, 4) is 5.75 Å². The molecule has 0 saturated heterocycles. The Morgan fingerprint density at radius 3 is 2.35 bits per heavy atom. The van der Waals surface area contributed by atoms with Crippen LogP contribution in [0.5, 0.6) is 5.75 Å². The molecule has 20 heavy (non-hydrogen) atoms. The summed E-state index contributed by atoms with van der Waals surface area (Å²) in [4.78, 5) is 0. The topological polar surface area (TPSA) is 55.5 Å². The maximum atomic E-state index is 9.59. The lowest BCUT2D eigenvalue weighted by molar-refractivity contribution is 0.143. The Labute approximate surface area is 123 Å². The van der Waals surface area contributed by atoms with Crippen LogP contribution in [0.2, 0.25) is 0 Å². The number of nitrogens with two attached hydrogens (primary N) is 1. The van der Waals surface area contributed by atoms with Gasteiger partial charge in [0.15, 0.2) is 0 Å². The van der Waals surface area contributed by atoms with Gasteiger partial charge in [0, 0.05) is 6.04 Å². The van der Waals surface area contributed by atoms with Crippen LogP contribution < -0.4 is 10.5 Å². The third-order valence-electron chi connectivity index (χ3n) is 4.09. The summed E-state index contributed by atoms with van der Waals surface area (Å²) in [6.07, 6.45) is 1.39. The molecule has 0 heterocycles. The van der Waals surface area contributed by atoms with Crippen LogP contribution in [0.25, 0.3) is 0 Å². The molecule has 1 aromatic rings. The van der Waals surface area contributed by atoms with Gasteiger partial charge in [0.2, 0.25) is 0 Å². The number of aliphatic hydroxyl groups is 1. The highest BCUT2D eigenvalue weighted by Crippen LogP contribution is 2.25. The third-order valence-corrected chi connectivity index (χ3v) is 4.09. The van der Waals surface area contributed by atoms with Gasteiger partial charge in [-0.05, 0) is 55.7 Å². The average Bonchev–Trinajstić information content (AvgIpc) is 2.37. The smallest absolute Gasteiger partial charge is 0.121 e. The van der Waals surface area contributed by atoms with Crippen LogP contribution in [-0.2, 0) is 6.42 Å². The number of ether oxygens (including phenoxy) is 1. The second kappa shape index (κ2) is 7.65. The van der Waals surface area contributed by atoms with Crippen LogP contribution in [0.3, 0.4) is 0 Å². The molecule has 0 aliphatic carbocycles. The maximum absolute atomic E-state index is 9.59. The van der Waals surface area contributed by atoms with Crippen molar-refractivity contribution in [3.63, 3.8) is 0 Å². The van der Waals surface area contributed by atoms with Crippen molar-refractivity contribution in [1.29, 1.82) is 0 Å². The molecule has 114 valence electrons. The zero-order valence-corrected chi connectivity index (χ0v) is 13.4. The molecule has 0 aliphatic rings. The summed E-state index contributed by atoms with van der Waals surface area (Å²) in [5, 5.41) is 9.59. The minimum absolute atomic E-state index is 0.151. The summed E-state index contributed by atoms with van der Waals surface area (Å²) >= 11 is 0. The first-order valence-corrected chi connectivity index (χ1v) is 7.42. The fourth-order valence-corrected chi connectivity index (χ4v) is 2.51. The van der Waals surface area contributed by atoms with E-state index in [0.29, 0.717) is 11.8 Å². The van der Waals surface area contributed by atoms with Gasteiger partial charge in [0.1, 0.15) is 5.75 Å². The Morgan fingerprint density at radius 2 is 1.90 bits per heavy atom. The molecule has 0 aliphatic heterocycles. The van der Waals surface area contributed by atoms with E-state index in [2.05, 4.69) is 32.9 Å². The number of hydrogen-bond acceptors (Lipinski definition) is 3. The van der Waals surface area contributed by atoms with E-state index in [-0.39, 0.29) is 6.04 Å². The molecular weight excluding hydrogens is 250 g/mol. The van der Waals surface area contributed by atoms with Gasteiger partial charge in [-0.1, -0.05) is 26.0 Å². The largest absolute Gasteiger partial charge is 0.496 e. The van der Waals surface area contributed by atoms with E-state index in [4.69, 9.17) is 10.5 Å². The van der Waals surface area contributed by atoms with Gasteiger partial charge in [-0.2, -0.15) is 0 Å². The van der Waals surface area contributed by atoms with Gasteiger partial charge in [-0.3, -0.25) is 0 Å². The highest BCUT2D eigenvalue weighted by Gasteiger charge is 2.20. The lowest BCUT2D eigenvalue weighted by atomic mass is 9.83. The zero-order valence-electron chi connectivity index (χ0n) is 13.4. The molecule has 0 saturated carbocycles. The standard InChI is InChI=1S/C17H29NO2/c1-11(2)15(10-16(18)13(4)19)9-14-6-7-17(20-5)12(3)8-14/h6-8,11,13,15-16,19H,9-10,18H2,1-5H3/t13-,15?,16-/m0/s1. The van der Waals surface area contributed by atoms with Gasteiger partial charge in [-0.25, -0.2) is 0 Å². The minimum atomic E-state index is -0.450. The average molecular weight is 279 g/mol. The highest BCUT2D eigenvalue weighted by molar-refractivity contribution is 5.36.